The van der Waals surface area contributed by atoms with Crippen LogP contribution in [0, 0.1) is 0 Å². The Hall–Kier alpha value is -2.36. The lowest BCUT2D eigenvalue weighted by Gasteiger charge is -2.06. The van der Waals surface area contributed by atoms with Crippen LogP contribution in [-0.4, -0.2) is 10.9 Å². The molecule has 0 atom stereocenters. The molecule has 0 fully saturated rings. The Morgan fingerprint density at radius 1 is 1.22 bits per heavy atom. The molecule has 92 valence electrons. The molecule has 1 aromatic carbocycles. The second kappa shape index (κ2) is 5.31. The van der Waals surface area contributed by atoms with Crippen molar-refractivity contribution in [2.45, 2.75) is 13.3 Å². The first-order chi connectivity index (χ1) is 8.69. The average molecular weight is 242 g/mol. The fourth-order valence-corrected chi connectivity index (χ4v) is 1.65. The highest BCUT2D eigenvalue weighted by Crippen LogP contribution is 2.11. The Morgan fingerprint density at radius 3 is 2.72 bits per heavy atom. The van der Waals surface area contributed by atoms with Gasteiger partial charge in [-0.1, -0.05) is 25.1 Å². The van der Waals surface area contributed by atoms with E-state index in [0.29, 0.717) is 0 Å². The van der Waals surface area contributed by atoms with Crippen LogP contribution in [0.15, 0.2) is 47.3 Å². The molecule has 2 rings (SSSR count). The van der Waals surface area contributed by atoms with Crippen LogP contribution in [0.5, 0.6) is 0 Å². The van der Waals surface area contributed by atoms with E-state index in [-0.39, 0.29) is 17.2 Å². The van der Waals surface area contributed by atoms with Crippen molar-refractivity contribution in [1.29, 1.82) is 0 Å². The van der Waals surface area contributed by atoms with E-state index < -0.39 is 0 Å². The van der Waals surface area contributed by atoms with Crippen molar-refractivity contribution in [2.24, 2.45) is 0 Å². The summed E-state index contributed by atoms with van der Waals surface area (Å²) in [5.41, 5.74) is 1.84. The molecule has 4 heteroatoms. The van der Waals surface area contributed by atoms with E-state index >= 15 is 0 Å². The molecule has 0 saturated heterocycles. The van der Waals surface area contributed by atoms with Crippen LogP contribution in [-0.2, 0) is 6.42 Å². The van der Waals surface area contributed by atoms with Gasteiger partial charge in [-0.2, -0.15) is 0 Å². The van der Waals surface area contributed by atoms with Gasteiger partial charge in [0.05, 0.1) is 0 Å². The number of anilines is 1. The fourth-order valence-electron chi connectivity index (χ4n) is 1.65. The molecule has 0 bridgehead atoms. The Morgan fingerprint density at radius 2 is 2.00 bits per heavy atom. The van der Waals surface area contributed by atoms with Gasteiger partial charge >= 0.3 is 0 Å². The number of nitrogens with one attached hydrogen (secondary N) is 2. The second-order valence-corrected chi connectivity index (χ2v) is 3.94. The van der Waals surface area contributed by atoms with Crippen LogP contribution >= 0.6 is 0 Å². The standard InChI is InChI=1S/C14H14N2O2/c1-2-10-5-3-6-11(9-10)15-14(18)12-7-4-8-13(17)16-12/h3-9H,2H2,1H3,(H,15,18)(H,16,17). The van der Waals surface area contributed by atoms with Gasteiger partial charge in [0.15, 0.2) is 0 Å². The van der Waals surface area contributed by atoms with Crippen LogP contribution in [0.2, 0.25) is 0 Å². The van der Waals surface area contributed by atoms with E-state index in [1.165, 1.54) is 6.07 Å². The third kappa shape index (κ3) is 2.85. The van der Waals surface area contributed by atoms with Gasteiger partial charge < -0.3 is 10.3 Å². The van der Waals surface area contributed by atoms with Gasteiger partial charge in [0, 0.05) is 11.8 Å². The molecule has 18 heavy (non-hydrogen) atoms. The minimum atomic E-state index is -0.319. The molecule has 0 aliphatic heterocycles. The quantitative estimate of drug-likeness (QED) is 0.866. The molecular formula is C14H14N2O2. The molecule has 0 saturated carbocycles. The molecule has 1 aromatic heterocycles. The third-order valence-electron chi connectivity index (χ3n) is 2.61. The van der Waals surface area contributed by atoms with Crippen molar-refractivity contribution in [3.8, 4) is 0 Å². The highest BCUT2D eigenvalue weighted by molar-refractivity contribution is 6.02. The first kappa shape index (κ1) is 12.1. The van der Waals surface area contributed by atoms with Crippen molar-refractivity contribution in [3.05, 3.63) is 64.1 Å². The predicted octanol–water partition coefficient (Wildman–Crippen LogP) is 2.19. The summed E-state index contributed by atoms with van der Waals surface area (Å²) < 4.78 is 0. The highest BCUT2D eigenvalue weighted by atomic mass is 16.2. The SMILES string of the molecule is CCc1cccc(NC(=O)c2cccc(=O)[nH]2)c1. The van der Waals surface area contributed by atoms with Gasteiger partial charge in [-0.3, -0.25) is 9.59 Å². The van der Waals surface area contributed by atoms with Gasteiger partial charge in [-0.25, -0.2) is 0 Å². The molecule has 2 N–H and O–H groups in total. The van der Waals surface area contributed by atoms with Gasteiger partial charge in [-0.05, 0) is 30.2 Å². The second-order valence-electron chi connectivity index (χ2n) is 3.94. The van der Waals surface area contributed by atoms with E-state index in [0.717, 1.165) is 17.7 Å². The van der Waals surface area contributed by atoms with Crippen molar-refractivity contribution in [3.63, 3.8) is 0 Å². The lowest BCUT2D eigenvalue weighted by Crippen LogP contribution is -2.17. The number of hydrogen-bond donors (Lipinski definition) is 2. The number of amides is 1. The number of H-pyrrole nitrogens is 1. The average Bonchev–Trinajstić information content (AvgIpc) is 2.39. The zero-order valence-electron chi connectivity index (χ0n) is 10.1. The Kier molecular flexibility index (Phi) is 3.57. The van der Waals surface area contributed by atoms with E-state index in [9.17, 15) is 9.59 Å². The number of pyridine rings is 1. The van der Waals surface area contributed by atoms with Gasteiger partial charge in [0.25, 0.3) is 5.91 Å². The molecule has 0 aliphatic rings. The zero-order valence-corrected chi connectivity index (χ0v) is 10.1. The molecule has 0 unspecified atom stereocenters. The van der Waals surface area contributed by atoms with E-state index in [2.05, 4.69) is 17.2 Å². The van der Waals surface area contributed by atoms with Crippen molar-refractivity contribution < 1.29 is 4.79 Å². The minimum absolute atomic E-state index is 0.254. The molecule has 1 amide bonds. The summed E-state index contributed by atoms with van der Waals surface area (Å²) in [5, 5.41) is 2.75. The Bertz CT molecular complexity index is 617. The Balaban J connectivity index is 2.18. The molecule has 0 spiro atoms. The molecule has 1 heterocycles. The Labute approximate surface area is 105 Å². The summed E-state index contributed by atoms with van der Waals surface area (Å²) in [7, 11) is 0. The molecule has 4 nitrogen and oxygen atoms in total. The lowest BCUT2D eigenvalue weighted by atomic mass is 10.1. The first-order valence-electron chi connectivity index (χ1n) is 5.78. The maximum atomic E-state index is 11.9. The summed E-state index contributed by atoms with van der Waals surface area (Å²) in [6.45, 7) is 2.05. The summed E-state index contributed by atoms with van der Waals surface area (Å²) in [6.07, 6.45) is 0.909. The van der Waals surface area contributed by atoms with E-state index in [4.69, 9.17) is 0 Å². The minimum Gasteiger partial charge on any atom is -0.321 e. The maximum absolute atomic E-state index is 11.9. The number of rotatable bonds is 3. The maximum Gasteiger partial charge on any atom is 0.272 e. The summed E-state index contributed by atoms with van der Waals surface area (Å²) in [4.78, 5) is 25.5. The van der Waals surface area contributed by atoms with Crippen LogP contribution in [0.1, 0.15) is 23.0 Å². The molecule has 0 aliphatic carbocycles. The number of carbonyl (C=O) groups is 1. The summed E-state index contributed by atoms with van der Waals surface area (Å²) >= 11 is 0. The largest absolute Gasteiger partial charge is 0.321 e. The third-order valence-corrected chi connectivity index (χ3v) is 2.61. The number of carbonyl (C=O) groups excluding carboxylic acids is 1. The van der Waals surface area contributed by atoms with Gasteiger partial charge in [0.1, 0.15) is 5.69 Å². The summed E-state index contributed by atoms with van der Waals surface area (Å²) in [6, 6.07) is 12.1. The fraction of sp³-hybridized carbons (Fsp3) is 0.143. The number of aromatic nitrogens is 1. The molecule has 2 aromatic rings. The predicted molar refractivity (Wildman–Crippen MR) is 70.8 cm³/mol. The number of benzene rings is 1. The molecular weight excluding hydrogens is 228 g/mol. The topological polar surface area (TPSA) is 62.0 Å². The van der Waals surface area contributed by atoms with Crippen molar-refractivity contribution >= 4 is 11.6 Å². The first-order valence-corrected chi connectivity index (χ1v) is 5.78. The lowest BCUT2D eigenvalue weighted by molar-refractivity contribution is 0.102. The number of aromatic amines is 1. The zero-order chi connectivity index (χ0) is 13.0. The van der Waals surface area contributed by atoms with Crippen LogP contribution < -0.4 is 10.9 Å². The number of aryl methyl sites for hydroxylation is 1. The van der Waals surface area contributed by atoms with Gasteiger partial charge in [-0.15, -0.1) is 0 Å². The van der Waals surface area contributed by atoms with Crippen molar-refractivity contribution in [1.82, 2.24) is 4.98 Å². The van der Waals surface area contributed by atoms with Crippen LogP contribution in [0.4, 0.5) is 5.69 Å². The van der Waals surface area contributed by atoms with E-state index in [1.54, 1.807) is 12.1 Å². The monoisotopic (exact) mass is 242 g/mol. The molecule has 0 radical (unpaired) electrons. The smallest absolute Gasteiger partial charge is 0.272 e. The van der Waals surface area contributed by atoms with Crippen molar-refractivity contribution in [2.75, 3.05) is 5.32 Å². The summed E-state index contributed by atoms with van der Waals surface area (Å²) in [5.74, 6) is -0.319. The highest BCUT2D eigenvalue weighted by Gasteiger charge is 2.06. The van der Waals surface area contributed by atoms with Gasteiger partial charge in [0.2, 0.25) is 5.56 Å². The van der Waals surface area contributed by atoms with Crippen LogP contribution in [0.25, 0.3) is 0 Å². The normalized spacial score (nSPS) is 10.1. The number of hydrogen-bond acceptors (Lipinski definition) is 2. The van der Waals surface area contributed by atoms with E-state index in [1.807, 2.05) is 24.3 Å². The van der Waals surface area contributed by atoms with Crippen LogP contribution in [0.3, 0.4) is 0 Å².